The van der Waals surface area contributed by atoms with Crippen molar-refractivity contribution in [2.24, 2.45) is 0 Å². The lowest BCUT2D eigenvalue weighted by atomic mass is 10.0. The van der Waals surface area contributed by atoms with Crippen LogP contribution in [-0.2, 0) is 12.8 Å². The Balaban J connectivity index is 0.0000000975. The van der Waals surface area contributed by atoms with Crippen molar-refractivity contribution < 1.29 is 13.3 Å². The molecule has 2 aliphatic carbocycles. The highest BCUT2D eigenvalue weighted by molar-refractivity contribution is 7.27. The first-order valence-electron chi connectivity index (χ1n) is 38.1. The summed E-state index contributed by atoms with van der Waals surface area (Å²) in [6.07, 6.45) is 1.99. The Hall–Kier alpha value is -14.2. The van der Waals surface area contributed by atoms with Crippen LogP contribution in [0.2, 0.25) is 0 Å². The van der Waals surface area contributed by atoms with Crippen LogP contribution < -0.4 is 0 Å². The molecule has 7 aromatic heterocycles. The highest BCUT2D eigenvalue weighted by Crippen LogP contribution is 2.53. The van der Waals surface area contributed by atoms with E-state index >= 15 is 0 Å². The molecule has 6 nitrogen and oxygen atoms in total. The zero-order valence-electron chi connectivity index (χ0n) is 60.0. The van der Waals surface area contributed by atoms with E-state index < -0.39 is 0 Å². The smallest absolute Gasteiger partial charge is 0.147 e. The summed E-state index contributed by atoms with van der Waals surface area (Å²) in [5.41, 5.74) is 32.1. The number of hydrogen-bond acceptors (Lipinski definition) is 4. The first-order valence-corrected chi connectivity index (χ1v) is 38.9. The maximum absolute atomic E-state index is 6.96. The average Bonchev–Trinajstić information content (AvgIpc) is 1.56. The van der Waals surface area contributed by atoms with Gasteiger partial charge in [-0.2, -0.15) is 0 Å². The Bertz CT molecular complexity index is 7670. The third-order valence-electron chi connectivity index (χ3n) is 23.6. The molecular weight excluding hydrogens is 1370 g/mol. The largest absolute Gasteiger partial charge is 0.455 e. The Morgan fingerprint density at radius 2 is 0.622 bits per heavy atom. The molecule has 0 saturated heterocycles. The van der Waals surface area contributed by atoms with Crippen LogP contribution in [0, 0.1) is 0 Å². The molecule has 0 N–H and O–H groups in total. The van der Waals surface area contributed by atoms with Gasteiger partial charge in [0.15, 0.2) is 0 Å². The van der Waals surface area contributed by atoms with Crippen LogP contribution >= 0.6 is 11.3 Å². The number of nitrogens with zero attached hydrogens (tertiary/aromatic N) is 3. The van der Waals surface area contributed by atoms with Gasteiger partial charge in [0, 0.05) is 96.8 Å². The van der Waals surface area contributed by atoms with E-state index in [0.717, 1.165) is 95.7 Å². The Labute approximate surface area is 639 Å². The van der Waals surface area contributed by atoms with Gasteiger partial charge < -0.3 is 27.0 Å². The molecule has 7 heteroatoms. The molecule has 7 heterocycles. The first kappa shape index (κ1) is 61.9. The van der Waals surface area contributed by atoms with Crippen LogP contribution in [0.15, 0.2) is 371 Å². The first-order chi connectivity index (χ1) is 55.1. The van der Waals surface area contributed by atoms with E-state index in [2.05, 4.69) is 353 Å². The number of fused-ring (bicyclic) bond motifs is 33. The second kappa shape index (κ2) is 24.1. The van der Waals surface area contributed by atoms with Crippen molar-refractivity contribution in [1.29, 1.82) is 0 Å². The summed E-state index contributed by atoms with van der Waals surface area (Å²) < 4.78 is 29.8. The van der Waals surface area contributed by atoms with Crippen molar-refractivity contribution in [3.8, 4) is 61.6 Å². The van der Waals surface area contributed by atoms with E-state index in [0.29, 0.717) is 0 Å². The maximum Gasteiger partial charge on any atom is 0.147 e. The maximum atomic E-state index is 6.96. The van der Waals surface area contributed by atoms with E-state index in [4.69, 9.17) is 13.3 Å². The minimum Gasteiger partial charge on any atom is -0.455 e. The molecule has 0 radical (unpaired) electrons. The van der Waals surface area contributed by atoms with Gasteiger partial charge in [-0.3, -0.25) is 0 Å². The summed E-state index contributed by atoms with van der Waals surface area (Å²) in [4.78, 5) is 0. The molecule has 0 spiro atoms. The third-order valence-corrected chi connectivity index (χ3v) is 24.9. The van der Waals surface area contributed by atoms with Crippen molar-refractivity contribution in [2.45, 2.75) is 12.8 Å². The lowest BCUT2D eigenvalue weighted by molar-refractivity contribution is 0.665. The standard InChI is InChI=1S/C37H23NO.C37H23NS.C30H17NO2/c2*1-3-9-23(10-4-1)24-16-19-32-31(22-24)35-33(38(32)27-12-5-2-6-13-27)20-18-30-29-17-15-26-21-25-11-7-8-14-28(25)34(26)36(29)39-37(30)35;1-2-8-18(9-3-1)31-23-12-6-4-11-21(23)27-24(31)16-14-22-28-26(33-30(22)27)17-15-20-19-10-5-7-13-25(19)32-29(20)28/h2*1-20,22H,21H2;1-17H. The fourth-order valence-corrected chi connectivity index (χ4v) is 20.2. The van der Waals surface area contributed by atoms with Gasteiger partial charge in [0.1, 0.15) is 33.5 Å². The van der Waals surface area contributed by atoms with Crippen LogP contribution in [0.3, 0.4) is 0 Å². The van der Waals surface area contributed by atoms with E-state index in [1.807, 2.05) is 29.5 Å². The summed E-state index contributed by atoms with van der Waals surface area (Å²) in [6.45, 7) is 0. The molecule has 0 bridgehead atoms. The molecule has 111 heavy (non-hydrogen) atoms. The zero-order chi connectivity index (χ0) is 72.5. The van der Waals surface area contributed by atoms with Crippen molar-refractivity contribution in [3.63, 3.8) is 0 Å². The monoisotopic (exact) mass is 1430 g/mol. The molecule has 0 fully saturated rings. The molecule has 2 aliphatic rings. The van der Waals surface area contributed by atoms with Gasteiger partial charge in [-0.15, -0.1) is 11.3 Å². The number of thiophene rings is 1. The Morgan fingerprint density at radius 1 is 0.216 bits per heavy atom. The van der Waals surface area contributed by atoms with Gasteiger partial charge in [0.25, 0.3) is 0 Å². The van der Waals surface area contributed by atoms with Crippen molar-refractivity contribution in [1.82, 2.24) is 13.7 Å². The van der Waals surface area contributed by atoms with E-state index in [-0.39, 0.29) is 0 Å². The summed E-state index contributed by atoms with van der Waals surface area (Å²) in [7, 11) is 0. The Kier molecular flexibility index (Phi) is 13.5. The lowest BCUT2D eigenvalue weighted by Gasteiger charge is -2.08. The minimum absolute atomic E-state index is 0.848. The van der Waals surface area contributed by atoms with Gasteiger partial charge in [-0.05, 0) is 184 Å². The van der Waals surface area contributed by atoms with Crippen molar-refractivity contribution >= 4 is 163 Å². The summed E-state index contributed by atoms with van der Waals surface area (Å²) in [6, 6.07) is 128. The van der Waals surface area contributed by atoms with E-state index in [1.54, 1.807) is 0 Å². The molecule has 0 aliphatic heterocycles. The highest BCUT2D eigenvalue weighted by Gasteiger charge is 2.29. The second-order valence-corrected chi connectivity index (χ2v) is 30.6. The zero-order valence-corrected chi connectivity index (χ0v) is 60.8. The van der Waals surface area contributed by atoms with Gasteiger partial charge in [0.05, 0.1) is 49.3 Å². The van der Waals surface area contributed by atoms with Crippen LogP contribution in [-0.4, -0.2) is 13.7 Å². The number of furan rings is 3. The van der Waals surface area contributed by atoms with Crippen molar-refractivity contribution in [3.05, 3.63) is 380 Å². The highest BCUT2D eigenvalue weighted by atomic mass is 32.1. The molecule has 0 unspecified atom stereocenters. The molecule has 518 valence electrons. The van der Waals surface area contributed by atoms with E-state index in [1.165, 1.54) is 152 Å². The molecule has 0 amide bonds. The summed E-state index contributed by atoms with van der Waals surface area (Å²) >= 11 is 1.97. The second-order valence-electron chi connectivity index (χ2n) is 29.6. The van der Waals surface area contributed by atoms with Crippen LogP contribution in [0.4, 0.5) is 0 Å². The predicted molar refractivity (Wildman–Crippen MR) is 464 cm³/mol. The third kappa shape index (κ3) is 9.24. The van der Waals surface area contributed by atoms with Crippen LogP contribution in [0.25, 0.3) is 213 Å². The van der Waals surface area contributed by atoms with Crippen LogP contribution in [0.5, 0.6) is 0 Å². The normalized spacial score (nSPS) is 12.4. The van der Waals surface area contributed by atoms with Crippen molar-refractivity contribution in [2.75, 3.05) is 0 Å². The minimum atomic E-state index is 0.848. The fourth-order valence-electron chi connectivity index (χ4n) is 18.8. The van der Waals surface area contributed by atoms with E-state index in [9.17, 15) is 0 Å². The fraction of sp³-hybridized carbons (Fsp3) is 0.0192. The average molecular weight is 1430 g/mol. The molecule has 24 aromatic rings. The molecule has 26 rings (SSSR count). The molecule has 17 aromatic carbocycles. The molecule has 0 saturated carbocycles. The number of aromatic nitrogens is 3. The Morgan fingerprint density at radius 3 is 1.25 bits per heavy atom. The lowest BCUT2D eigenvalue weighted by Crippen LogP contribution is -1.92. The summed E-state index contributed by atoms with van der Waals surface area (Å²) in [5.74, 6) is 0. The number of para-hydroxylation sites is 5. The van der Waals surface area contributed by atoms with Gasteiger partial charge in [0.2, 0.25) is 0 Å². The summed E-state index contributed by atoms with van der Waals surface area (Å²) in [5, 5.41) is 16.8. The predicted octanol–water partition coefficient (Wildman–Crippen LogP) is 28.9. The number of hydrogen-bond donors (Lipinski definition) is 0. The SMILES string of the molecule is c1ccc(-c2ccc3c(c2)c2c4oc5c6c(ccc5c4ccc2n3-c2ccccc2)Cc2ccccc2-6)cc1.c1ccc(-c2ccc3c(c2)c2c4sc5c6c(ccc5c4ccc2n3-c2ccccc2)Cc2ccccc2-6)cc1.c1ccc(-n2c3ccccc3c3c4oc5ccc6c7ccccc7oc6c5c4ccc32)cc1. The molecule has 0 atom stereocenters. The van der Waals surface area contributed by atoms with Gasteiger partial charge in [-0.25, -0.2) is 0 Å². The quantitative estimate of drug-likeness (QED) is 0.173. The number of benzene rings is 17. The topological polar surface area (TPSA) is 54.2 Å². The molecular formula is C104H63N3O3S. The number of rotatable bonds is 5. The van der Waals surface area contributed by atoms with Gasteiger partial charge >= 0.3 is 0 Å². The van der Waals surface area contributed by atoms with Crippen LogP contribution in [0.1, 0.15) is 22.3 Å². The van der Waals surface area contributed by atoms with Gasteiger partial charge in [-0.1, -0.05) is 243 Å².